The fourth-order valence-corrected chi connectivity index (χ4v) is 2.17. The molecule has 0 saturated heterocycles. The molecule has 1 N–H and O–H groups in total. The highest BCUT2D eigenvalue weighted by Crippen LogP contribution is 2.24. The van der Waals surface area contributed by atoms with Gasteiger partial charge in [-0.25, -0.2) is 9.78 Å². The second-order valence-electron chi connectivity index (χ2n) is 3.82. The molecule has 0 bridgehead atoms. The molecule has 0 aromatic carbocycles. The quantitative estimate of drug-likeness (QED) is 0.800. The predicted molar refractivity (Wildman–Crippen MR) is 61.5 cm³/mol. The first-order valence-electron chi connectivity index (χ1n) is 4.84. The molecule has 1 aromatic rings. The zero-order chi connectivity index (χ0) is 11.4. The molecule has 15 heavy (non-hydrogen) atoms. The zero-order valence-corrected chi connectivity index (χ0v) is 9.97. The summed E-state index contributed by atoms with van der Waals surface area (Å²) < 4.78 is 0. The Balaban J connectivity index is 2.96. The summed E-state index contributed by atoms with van der Waals surface area (Å²) >= 11 is 1.51. The van der Waals surface area contributed by atoms with E-state index in [1.165, 1.54) is 11.8 Å². The van der Waals surface area contributed by atoms with Gasteiger partial charge in [0.2, 0.25) is 0 Å². The fraction of sp³-hybridized carbons (Fsp3) is 0.455. The van der Waals surface area contributed by atoms with E-state index < -0.39 is 5.97 Å². The molecule has 0 atom stereocenters. The number of carbonyl (C=O) groups is 1. The standard InChI is InChI=1S/C11H15NO2S/c1-7(2)6-15-10-9(11(13)14)8(3)4-5-12-10/h4-5,7H,6H2,1-3H3,(H,13,14). The number of aromatic nitrogens is 1. The van der Waals surface area contributed by atoms with Crippen molar-refractivity contribution in [2.45, 2.75) is 25.8 Å². The highest BCUT2D eigenvalue weighted by molar-refractivity contribution is 7.99. The Bertz CT molecular complexity index is 364. The number of nitrogens with zero attached hydrogens (tertiary/aromatic N) is 1. The molecule has 0 spiro atoms. The number of aryl methyl sites for hydroxylation is 1. The minimum atomic E-state index is -0.896. The van der Waals surface area contributed by atoms with Gasteiger partial charge in [0, 0.05) is 11.9 Å². The van der Waals surface area contributed by atoms with Gasteiger partial charge in [-0.05, 0) is 24.5 Å². The number of rotatable bonds is 4. The molecule has 0 fully saturated rings. The molecule has 1 rings (SSSR count). The Morgan fingerprint density at radius 3 is 2.80 bits per heavy atom. The maximum atomic E-state index is 11.0. The summed E-state index contributed by atoms with van der Waals surface area (Å²) in [4.78, 5) is 15.1. The SMILES string of the molecule is Cc1ccnc(SCC(C)C)c1C(=O)O. The summed E-state index contributed by atoms with van der Waals surface area (Å²) in [5.74, 6) is 0.516. The van der Waals surface area contributed by atoms with E-state index in [0.717, 1.165) is 11.3 Å². The second kappa shape index (κ2) is 5.16. The van der Waals surface area contributed by atoms with Crippen molar-refractivity contribution in [3.63, 3.8) is 0 Å². The molecule has 0 amide bonds. The van der Waals surface area contributed by atoms with Crippen LogP contribution in [0.2, 0.25) is 0 Å². The molecule has 0 aliphatic carbocycles. The Kier molecular flexibility index (Phi) is 4.15. The van der Waals surface area contributed by atoms with Gasteiger partial charge in [0.15, 0.2) is 0 Å². The lowest BCUT2D eigenvalue weighted by Crippen LogP contribution is -2.04. The monoisotopic (exact) mass is 225 g/mol. The van der Waals surface area contributed by atoms with Crippen LogP contribution in [0.4, 0.5) is 0 Å². The molecule has 0 aliphatic rings. The van der Waals surface area contributed by atoms with E-state index in [0.29, 0.717) is 16.5 Å². The van der Waals surface area contributed by atoms with E-state index in [1.807, 2.05) is 0 Å². The van der Waals surface area contributed by atoms with E-state index in [9.17, 15) is 4.79 Å². The average Bonchev–Trinajstić information content (AvgIpc) is 2.13. The predicted octanol–water partition coefficient (Wildman–Crippen LogP) is 2.84. The maximum Gasteiger partial charge on any atom is 0.338 e. The molecular formula is C11H15NO2S. The molecule has 1 heterocycles. The molecule has 0 saturated carbocycles. The fourth-order valence-electron chi connectivity index (χ4n) is 1.15. The Labute approximate surface area is 93.9 Å². The van der Waals surface area contributed by atoms with Crippen LogP contribution >= 0.6 is 11.8 Å². The number of carboxylic acids is 1. The number of pyridine rings is 1. The van der Waals surface area contributed by atoms with Crippen LogP contribution in [0.25, 0.3) is 0 Å². The summed E-state index contributed by atoms with van der Waals surface area (Å²) in [5.41, 5.74) is 1.10. The molecule has 0 unspecified atom stereocenters. The molecule has 4 heteroatoms. The van der Waals surface area contributed by atoms with Crippen molar-refractivity contribution < 1.29 is 9.90 Å². The number of hydrogen-bond donors (Lipinski definition) is 1. The first kappa shape index (κ1) is 12.0. The molecular weight excluding hydrogens is 210 g/mol. The Morgan fingerprint density at radius 2 is 2.27 bits per heavy atom. The number of thioether (sulfide) groups is 1. The topological polar surface area (TPSA) is 50.2 Å². The number of carboxylic acid groups (broad SMARTS) is 1. The van der Waals surface area contributed by atoms with E-state index in [-0.39, 0.29) is 0 Å². The third-order valence-electron chi connectivity index (χ3n) is 1.89. The molecule has 0 radical (unpaired) electrons. The van der Waals surface area contributed by atoms with Crippen LogP contribution < -0.4 is 0 Å². The van der Waals surface area contributed by atoms with Crippen LogP contribution in [0.1, 0.15) is 29.8 Å². The highest BCUT2D eigenvalue weighted by Gasteiger charge is 2.14. The van der Waals surface area contributed by atoms with E-state index in [2.05, 4.69) is 18.8 Å². The van der Waals surface area contributed by atoms with Crippen molar-refractivity contribution in [3.05, 3.63) is 23.4 Å². The Hall–Kier alpha value is -1.03. The van der Waals surface area contributed by atoms with Crippen molar-refractivity contribution in [2.24, 2.45) is 5.92 Å². The Morgan fingerprint density at radius 1 is 1.60 bits per heavy atom. The van der Waals surface area contributed by atoms with E-state index in [4.69, 9.17) is 5.11 Å². The van der Waals surface area contributed by atoms with Crippen molar-refractivity contribution >= 4 is 17.7 Å². The summed E-state index contributed by atoms with van der Waals surface area (Å²) in [6, 6.07) is 1.73. The van der Waals surface area contributed by atoms with Crippen LogP contribution in [-0.4, -0.2) is 21.8 Å². The lowest BCUT2D eigenvalue weighted by atomic mass is 10.2. The van der Waals surface area contributed by atoms with E-state index in [1.54, 1.807) is 19.2 Å². The van der Waals surface area contributed by atoms with Gasteiger partial charge in [0.1, 0.15) is 5.03 Å². The van der Waals surface area contributed by atoms with Crippen LogP contribution in [-0.2, 0) is 0 Å². The van der Waals surface area contributed by atoms with Gasteiger partial charge in [0.05, 0.1) is 5.56 Å². The lowest BCUT2D eigenvalue weighted by Gasteiger charge is -2.08. The normalized spacial score (nSPS) is 10.7. The van der Waals surface area contributed by atoms with Gasteiger partial charge < -0.3 is 5.11 Å². The lowest BCUT2D eigenvalue weighted by molar-refractivity contribution is 0.0691. The van der Waals surface area contributed by atoms with Crippen LogP contribution in [0.3, 0.4) is 0 Å². The van der Waals surface area contributed by atoms with Crippen LogP contribution in [0, 0.1) is 12.8 Å². The number of hydrogen-bond acceptors (Lipinski definition) is 3. The van der Waals surface area contributed by atoms with Crippen LogP contribution in [0.5, 0.6) is 0 Å². The van der Waals surface area contributed by atoms with Gasteiger partial charge >= 0.3 is 5.97 Å². The van der Waals surface area contributed by atoms with Crippen molar-refractivity contribution in [3.8, 4) is 0 Å². The third kappa shape index (κ3) is 3.23. The summed E-state index contributed by atoms with van der Waals surface area (Å²) in [7, 11) is 0. The maximum absolute atomic E-state index is 11.0. The molecule has 0 aliphatic heterocycles. The minimum absolute atomic E-state index is 0.336. The van der Waals surface area contributed by atoms with E-state index >= 15 is 0 Å². The van der Waals surface area contributed by atoms with Crippen molar-refractivity contribution in [1.29, 1.82) is 0 Å². The van der Waals surface area contributed by atoms with Gasteiger partial charge in [-0.2, -0.15) is 0 Å². The summed E-state index contributed by atoms with van der Waals surface area (Å²) in [5, 5.41) is 9.68. The molecule has 3 nitrogen and oxygen atoms in total. The van der Waals surface area contributed by atoms with Crippen molar-refractivity contribution in [1.82, 2.24) is 4.98 Å². The average molecular weight is 225 g/mol. The molecule has 1 aromatic heterocycles. The number of aromatic carboxylic acids is 1. The van der Waals surface area contributed by atoms with Gasteiger partial charge in [-0.15, -0.1) is 11.8 Å². The van der Waals surface area contributed by atoms with Gasteiger partial charge in [0.25, 0.3) is 0 Å². The first-order chi connectivity index (χ1) is 7.02. The largest absolute Gasteiger partial charge is 0.478 e. The minimum Gasteiger partial charge on any atom is -0.478 e. The second-order valence-corrected chi connectivity index (χ2v) is 4.83. The van der Waals surface area contributed by atoms with Crippen molar-refractivity contribution in [2.75, 3.05) is 5.75 Å². The van der Waals surface area contributed by atoms with Gasteiger partial charge in [-0.3, -0.25) is 0 Å². The first-order valence-corrected chi connectivity index (χ1v) is 5.82. The van der Waals surface area contributed by atoms with Gasteiger partial charge in [-0.1, -0.05) is 13.8 Å². The third-order valence-corrected chi connectivity index (χ3v) is 3.31. The molecule has 82 valence electrons. The van der Waals surface area contributed by atoms with Crippen LogP contribution in [0.15, 0.2) is 17.3 Å². The smallest absolute Gasteiger partial charge is 0.338 e. The highest BCUT2D eigenvalue weighted by atomic mass is 32.2. The summed E-state index contributed by atoms with van der Waals surface area (Å²) in [6.45, 7) is 6.00. The summed E-state index contributed by atoms with van der Waals surface area (Å²) in [6.07, 6.45) is 1.66. The zero-order valence-electron chi connectivity index (χ0n) is 9.15.